The lowest BCUT2D eigenvalue weighted by atomic mass is 10.0. The van der Waals surface area contributed by atoms with Crippen LogP contribution in [0.2, 0.25) is 0 Å². The predicted molar refractivity (Wildman–Crippen MR) is 43.9 cm³/mol. The molecule has 4 nitrogen and oxygen atoms in total. The van der Waals surface area contributed by atoms with Gasteiger partial charge in [0.05, 0.1) is 13.2 Å². The molecule has 0 aromatic rings. The Bertz CT molecular complexity index is 172. The lowest BCUT2D eigenvalue weighted by Crippen LogP contribution is -2.38. The topological polar surface area (TPSA) is 60.8 Å². The van der Waals surface area contributed by atoms with Gasteiger partial charge in [0.1, 0.15) is 0 Å². The van der Waals surface area contributed by atoms with E-state index in [-0.39, 0.29) is 19.2 Å². The number of aliphatic hydroxyl groups is 1. The van der Waals surface area contributed by atoms with Crippen molar-refractivity contribution in [2.45, 2.75) is 19.4 Å². The molecule has 1 rings (SSSR count). The standard InChI is InChI=1S/C8H15NO3/c1-6-2-3-9(4-8(11)12)7(6)5-10/h6-7,10H,2-5H2,1H3,(H,11,12). The normalized spacial score (nSPS) is 30.8. The van der Waals surface area contributed by atoms with Crippen LogP contribution in [0.1, 0.15) is 13.3 Å². The third-order valence-corrected chi connectivity index (χ3v) is 2.52. The van der Waals surface area contributed by atoms with E-state index in [9.17, 15) is 4.79 Å². The van der Waals surface area contributed by atoms with Crippen LogP contribution in [0.15, 0.2) is 0 Å². The largest absolute Gasteiger partial charge is 0.480 e. The molecule has 2 N–H and O–H groups in total. The Labute approximate surface area is 71.8 Å². The van der Waals surface area contributed by atoms with Gasteiger partial charge in [-0.25, -0.2) is 0 Å². The van der Waals surface area contributed by atoms with Crippen LogP contribution in [0.3, 0.4) is 0 Å². The summed E-state index contributed by atoms with van der Waals surface area (Å²) in [7, 11) is 0. The van der Waals surface area contributed by atoms with Gasteiger partial charge < -0.3 is 10.2 Å². The van der Waals surface area contributed by atoms with Crippen LogP contribution >= 0.6 is 0 Å². The van der Waals surface area contributed by atoms with Crippen molar-refractivity contribution in [3.8, 4) is 0 Å². The number of rotatable bonds is 3. The van der Waals surface area contributed by atoms with E-state index in [4.69, 9.17) is 10.2 Å². The van der Waals surface area contributed by atoms with E-state index in [1.165, 1.54) is 0 Å². The number of aliphatic hydroxyl groups excluding tert-OH is 1. The van der Waals surface area contributed by atoms with Gasteiger partial charge >= 0.3 is 5.97 Å². The van der Waals surface area contributed by atoms with E-state index in [2.05, 4.69) is 0 Å². The molecule has 0 aromatic heterocycles. The van der Waals surface area contributed by atoms with Gasteiger partial charge in [-0.05, 0) is 18.9 Å². The second-order valence-electron chi connectivity index (χ2n) is 3.38. The Morgan fingerprint density at radius 1 is 1.67 bits per heavy atom. The molecule has 12 heavy (non-hydrogen) atoms. The van der Waals surface area contributed by atoms with Crippen LogP contribution in [0.4, 0.5) is 0 Å². The third kappa shape index (κ3) is 1.95. The summed E-state index contributed by atoms with van der Waals surface area (Å²) in [4.78, 5) is 12.2. The Kier molecular flexibility index (Phi) is 3.05. The van der Waals surface area contributed by atoms with Gasteiger partial charge in [0, 0.05) is 6.04 Å². The van der Waals surface area contributed by atoms with E-state index in [1.807, 2.05) is 11.8 Å². The molecule has 0 amide bonds. The molecule has 4 heteroatoms. The minimum Gasteiger partial charge on any atom is -0.480 e. The fraction of sp³-hybridized carbons (Fsp3) is 0.875. The molecule has 2 atom stereocenters. The molecule has 1 aliphatic heterocycles. The molecule has 0 bridgehead atoms. The number of hydrogen-bond acceptors (Lipinski definition) is 3. The number of hydrogen-bond donors (Lipinski definition) is 2. The fourth-order valence-electron chi connectivity index (χ4n) is 1.75. The maximum absolute atomic E-state index is 10.4. The van der Waals surface area contributed by atoms with Crippen LogP contribution in [-0.2, 0) is 4.79 Å². The maximum atomic E-state index is 10.4. The molecule has 1 heterocycles. The Balaban J connectivity index is 2.48. The SMILES string of the molecule is CC1CCN(CC(=O)O)C1CO. The van der Waals surface area contributed by atoms with E-state index in [1.54, 1.807) is 0 Å². The minimum atomic E-state index is -0.817. The van der Waals surface area contributed by atoms with Crippen molar-refractivity contribution in [1.29, 1.82) is 0 Å². The highest BCUT2D eigenvalue weighted by Gasteiger charge is 2.31. The maximum Gasteiger partial charge on any atom is 0.317 e. The number of carbonyl (C=O) groups is 1. The van der Waals surface area contributed by atoms with Crippen molar-refractivity contribution in [3.05, 3.63) is 0 Å². The number of carboxylic acid groups (broad SMARTS) is 1. The highest BCUT2D eigenvalue weighted by Crippen LogP contribution is 2.22. The zero-order chi connectivity index (χ0) is 9.14. The minimum absolute atomic E-state index is 0.0427. The van der Waals surface area contributed by atoms with E-state index >= 15 is 0 Å². The molecule has 0 spiro atoms. The zero-order valence-corrected chi connectivity index (χ0v) is 7.23. The molecule has 1 saturated heterocycles. The predicted octanol–water partition coefficient (Wildman–Crippen LogP) is -0.226. The number of carboxylic acids is 1. The van der Waals surface area contributed by atoms with Crippen molar-refractivity contribution in [3.63, 3.8) is 0 Å². The van der Waals surface area contributed by atoms with Crippen molar-refractivity contribution in [1.82, 2.24) is 4.90 Å². The fourth-order valence-corrected chi connectivity index (χ4v) is 1.75. The summed E-state index contributed by atoms with van der Waals surface area (Å²) in [6.07, 6.45) is 0.985. The molecule has 2 unspecified atom stereocenters. The monoisotopic (exact) mass is 173 g/mol. The molecule has 1 fully saturated rings. The van der Waals surface area contributed by atoms with Crippen LogP contribution < -0.4 is 0 Å². The molecule has 0 radical (unpaired) electrons. The molecule has 1 aliphatic rings. The quantitative estimate of drug-likeness (QED) is 0.619. The van der Waals surface area contributed by atoms with Crippen LogP contribution in [0.25, 0.3) is 0 Å². The van der Waals surface area contributed by atoms with Crippen LogP contribution in [0, 0.1) is 5.92 Å². The van der Waals surface area contributed by atoms with Gasteiger partial charge in [0.15, 0.2) is 0 Å². The first-order chi connectivity index (χ1) is 5.65. The summed E-state index contributed by atoms with van der Waals surface area (Å²) in [5, 5.41) is 17.5. The summed E-state index contributed by atoms with van der Waals surface area (Å²) in [5.41, 5.74) is 0. The lowest BCUT2D eigenvalue weighted by molar-refractivity contribution is -0.138. The van der Waals surface area contributed by atoms with Crippen molar-refractivity contribution in [2.24, 2.45) is 5.92 Å². The Morgan fingerprint density at radius 2 is 2.33 bits per heavy atom. The summed E-state index contributed by atoms with van der Waals surface area (Å²) in [5.74, 6) is -0.406. The van der Waals surface area contributed by atoms with Crippen molar-refractivity contribution >= 4 is 5.97 Å². The third-order valence-electron chi connectivity index (χ3n) is 2.52. The number of aliphatic carboxylic acids is 1. The van der Waals surface area contributed by atoms with Gasteiger partial charge in [-0.1, -0.05) is 6.92 Å². The molecule has 70 valence electrons. The summed E-state index contributed by atoms with van der Waals surface area (Å²) in [6, 6.07) is 0.0427. The summed E-state index contributed by atoms with van der Waals surface area (Å²) < 4.78 is 0. The second-order valence-corrected chi connectivity index (χ2v) is 3.38. The van der Waals surface area contributed by atoms with Gasteiger partial charge in [0.25, 0.3) is 0 Å². The number of nitrogens with zero attached hydrogens (tertiary/aromatic N) is 1. The molecule has 0 aromatic carbocycles. The molecule has 0 aliphatic carbocycles. The highest BCUT2D eigenvalue weighted by atomic mass is 16.4. The van der Waals surface area contributed by atoms with E-state index in [0.29, 0.717) is 5.92 Å². The average Bonchev–Trinajstić information content (AvgIpc) is 2.30. The first-order valence-electron chi connectivity index (χ1n) is 4.22. The van der Waals surface area contributed by atoms with Crippen LogP contribution in [0.5, 0.6) is 0 Å². The second kappa shape index (κ2) is 3.87. The average molecular weight is 173 g/mol. The smallest absolute Gasteiger partial charge is 0.317 e. The Morgan fingerprint density at radius 3 is 2.83 bits per heavy atom. The molecule has 0 saturated carbocycles. The summed E-state index contributed by atoms with van der Waals surface area (Å²) in [6.45, 7) is 2.95. The van der Waals surface area contributed by atoms with Crippen molar-refractivity contribution < 1.29 is 15.0 Å². The Hall–Kier alpha value is -0.610. The van der Waals surface area contributed by atoms with Gasteiger partial charge in [-0.3, -0.25) is 9.69 Å². The van der Waals surface area contributed by atoms with E-state index < -0.39 is 5.97 Å². The van der Waals surface area contributed by atoms with Crippen LogP contribution in [-0.4, -0.2) is 46.8 Å². The van der Waals surface area contributed by atoms with Gasteiger partial charge in [-0.15, -0.1) is 0 Å². The first kappa shape index (κ1) is 9.48. The van der Waals surface area contributed by atoms with Gasteiger partial charge in [-0.2, -0.15) is 0 Å². The highest BCUT2D eigenvalue weighted by molar-refractivity contribution is 5.69. The first-order valence-corrected chi connectivity index (χ1v) is 4.22. The molecular formula is C8H15NO3. The summed E-state index contributed by atoms with van der Waals surface area (Å²) >= 11 is 0. The number of likely N-dealkylation sites (tertiary alicyclic amines) is 1. The molecular weight excluding hydrogens is 158 g/mol. The van der Waals surface area contributed by atoms with Crippen molar-refractivity contribution in [2.75, 3.05) is 19.7 Å². The van der Waals surface area contributed by atoms with Gasteiger partial charge in [0.2, 0.25) is 0 Å². The van der Waals surface area contributed by atoms with E-state index in [0.717, 1.165) is 13.0 Å². The lowest BCUT2D eigenvalue weighted by Gasteiger charge is -2.22. The zero-order valence-electron chi connectivity index (χ0n) is 7.23.